The molecule has 0 amide bonds. The highest BCUT2D eigenvalue weighted by molar-refractivity contribution is 5.94. The smallest absolute Gasteiger partial charge is 0.173 e. The number of nitrogens with one attached hydrogen (secondary N) is 2. The van der Waals surface area contributed by atoms with Gasteiger partial charge in [0.15, 0.2) is 12.0 Å². The zero-order valence-electron chi connectivity index (χ0n) is 18.1. The Morgan fingerprint density at radius 1 is 1.17 bits per heavy atom. The fourth-order valence-corrected chi connectivity index (χ4v) is 7.40. The van der Waals surface area contributed by atoms with Crippen molar-refractivity contribution in [3.8, 4) is 0 Å². The van der Waals surface area contributed by atoms with E-state index in [4.69, 9.17) is 10.5 Å². The van der Waals surface area contributed by atoms with Crippen LogP contribution in [0, 0.1) is 39.9 Å². The van der Waals surface area contributed by atoms with Gasteiger partial charge < -0.3 is 15.8 Å². The molecule has 1 aliphatic heterocycles. The van der Waals surface area contributed by atoms with Gasteiger partial charge in [-0.3, -0.25) is 4.79 Å². The van der Waals surface area contributed by atoms with Crippen LogP contribution in [-0.4, -0.2) is 42.0 Å². The molecule has 5 rings (SSSR count). The van der Waals surface area contributed by atoms with Gasteiger partial charge in [0.1, 0.15) is 0 Å². The number of allylic oxidation sites excluding steroid dienone is 2. The third-order valence-corrected chi connectivity index (χ3v) is 9.05. The Balaban J connectivity index is 0.000000294. The van der Waals surface area contributed by atoms with Crippen LogP contribution in [-0.2, 0) is 4.79 Å². The van der Waals surface area contributed by atoms with Crippen molar-refractivity contribution < 1.29 is 14.3 Å². The highest BCUT2D eigenvalue weighted by Crippen LogP contribution is 2.65. The summed E-state index contributed by atoms with van der Waals surface area (Å²) in [5, 5.41) is 19.7. The standard InChI is InChI=1S/C20H28FNO.C4H9NO/c1-11-8-13-14(19(2)6-4-12(22)9-15(11)19)5-7-20(3)16(13)10-17(21)18(20)23;6-4-1-2-5-3-4/h9,11,13-14,16-17,22H,4-8,10H2,1-3H3;4-6H,1-3H2/t11?,13?,14?,16?,17?,19-,20+;/m1./s1. The number of hydrogen-bond donors (Lipinski definition) is 3. The van der Waals surface area contributed by atoms with Crippen molar-refractivity contribution in [3.63, 3.8) is 0 Å². The predicted octanol–water partition coefficient (Wildman–Crippen LogP) is 4.07. The summed E-state index contributed by atoms with van der Waals surface area (Å²) in [7, 11) is 0. The maximum absolute atomic E-state index is 14.2. The number of ketones is 1. The molecule has 29 heavy (non-hydrogen) atoms. The number of halogens is 1. The molecule has 0 bridgehead atoms. The molecule has 5 heteroatoms. The molecule has 3 N–H and O–H groups in total. The van der Waals surface area contributed by atoms with Gasteiger partial charge in [0.2, 0.25) is 0 Å². The van der Waals surface area contributed by atoms with Crippen LogP contribution < -0.4 is 5.32 Å². The lowest BCUT2D eigenvalue weighted by Gasteiger charge is -2.58. The van der Waals surface area contributed by atoms with E-state index in [9.17, 15) is 9.18 Å². The highest BCUT2D eigenvalue weighted by Gasteiger charge is 2.62. The van der Waals surface area contributed by atoms with Crippen LogP contribution >= 0.6 is 0 Å². The maximum Gasteiger partial charge on any atom is 0.173 e. The normalized spacial score (nSPS) is 48.8. The lowest BCUT2D eigenvalue weighted by Crippen LogP contribution is -2.52. The molecule has 1 heterocycles. The molecule has 0 radical (unpaired) electrons. The van der Waals surface area contributed by atoms with Crippen LogP contribution in [0.3, 0.4) is 0 Å². The molecular weight excluding hydrogens is 367 g/mol. The first-order chi connectivity index (χ1) is 13.7. The molecule has 3 saturated carbocycles. The van der Waals surface area contributed by atoms with Gasteiger partial charge in [-0.25, -0.2) is 4.39 Å². The SMILES string of the molecule is CC1CC2C(CC[C@]3(C)C(=O)C(F)CC23)[C@@]2(C)CCC(=N)C=C12.OC1CCNC1. The van der Waals surface area contributed by atoms with Crippen LogP contribution in [0.15, 0.2) is 11.6 Å². The Bertz CT molecular complexity index is 716. The van der Waals surface area contributed by atoms with Crippen LogP contribution in [0.2, 0.25) is 0 Å². The predicted molar refractivity (Wildman–Crippen MR) is 113 cm³/mol. The summed E-state index contributed by atoms with van der Waals surface area (Å²) in [6.45, 7) is 8.46. The zero-order chi connectivity index (χ0) is 21.0. The Morgan fingerprint density at radius 3 is 2.55 bits per heavy atom. The number of hydrogen-bond acceptors (Lipinski definition) is 4. The quantitative estimate of drug-likeness (QED) is 0.570. The Hall–Kier alpha value is -1.07. The van der Waals surface area contributed by atoms with E-state index in [1.807, 2.05) is 6.92 Å². The summed E-state index contributed by atoms with van der Waals surface area (Å²) in [6, 6.07) is 0. The fraction of sp³-hybridized carbons (Fsp3) is 0.833. The average Bonchev–Trinajstić information content (AvgIpc) is 3.24. The number of aliphatic hydroxyl groups is 1. The largest absolute Gasteiger partial charge is 0.392 e. The minimum atomic E-state index is -1.23. The molecule has 0 aromatic heterocycles. The first-order valence-electron chi connectivity index (χ1n) is 11.5. The first kappa shape index (κ1) is 21.2. The van der Waals surface area contributed by atoms with Crippen LogP contribution in [0.5, 0.6) is 0 Å². The highest BCUT2D eigenvalue weighted by atomic mass is 19.1. The molecule has 162 valence electrons. The van der Waals surface area contributed by atoms with E-state index in [1.54, 1.807) is 0 Å². The van der Waals surface area contributed by atoms with E-state index in [1.165, 1.54) is 5.57 Å². The van der Waals surface area contributed by atoms with Crippen molar-refractivity contribution in [2.24, 2.45) is 34.5 Å². The van der Waals surface area contributed by atoms with Gasteiger partial charge >= 0.3 is 0 Å². The van der Waals surface area contributed by atoms with Gasteiger partial charge in [0.25, 0.3) is 0 Å². The molecule has 1 saturated heterocycles. The lowest BCUT2D eigenvalue weighted by molar-refractivity contribution is -0.135. The van der Waals surface area contributed by atoms with Crippen molar-refractivity contribution in [2.75, 3.05) is 13.1 Å². The van der Waals surface area contributed by atoms with Gasteiger partial charge in [-0.1, -0.05) is 26.3 Å². The van der Waals surface area contributed by atoms with E-state index in [0.717, 1.165) is 57.3 Å². The second kappa shape index (κ2) is 7.56. The van der Waals surface area contributed by atoms with E-state index in [-0.39, 0.29) is 23.2 Å². The Labute approximate surface area is 174 Å². The second-order valence-electron chi connectivity index (χ2n) is 10.7. The van der Waals surface area contributed by atoms with Crippen molar-refractivity contribution in [1.29, 1.82) is 5.41 Å². The van der Waals surface area contributed by atoms with Gasteiger partial charge in [-0.2, -0.15) is 0 Å². The van der Waals surface area contributed by atoms with Crippen LogP contribution in [0.25, 0.3) is 0 Å². The summed E-state index contributed by atoms with van der Waals surface area (Å²) in [6.07, 6.45) is 7.11. The van der Waals surface area contributed by atoms with E-state index in [2.05, 4.69) is 25.2 Å². The van der Waals surface area contributed by atoms with Gasteiger partial charge in [0.05, 0.1) is 6.10 Å². The van der Waals surface area contributed by atoms with Gasteiger partial charge in [-0.15, -0.1) is 0 Å². The lowest BCUT2D eigenvalue weighted by atomic mass is 9.46. The molecule has 0 aromatic carbocycles. The van der Waals surface area contributed by atoms with Crippen molar-refractivity contribution >= 4 is 11.5 Å². The molecule has 6 unspecified atom stereocenters. The third kappa shape index (κ3) is 3.42. The third-order valence-electron chi connectivity index (χ3n) is 9.05. The fourth-order valence-electron chi connectivity index (χ4n) is 7.40. The minimum absolute atomic E-state index is 0.0648. The number of Topliss-reactive ketones (excluding diaryl/α,β-unsaturated/α-hetero) is 1. The molecule has 8 atom stereocenters. The van der Waals surface area contributed by atoms with Crippen molar-refractivity contribution in [3.05, 3.63) is 11.6 Å². The average molecular weight is 405 g/mol. The van der Waals surface area contributed by atoms with E-state index in [0.29, 0.717) is 24.2 Å². The Kier molecular flexibility index (Phi) is 5.52. The van der Waals surface area contributed by atoms with E-state index < -0.39 is 11.6 Å². The summed E-state index contributed by atoms with van der Waals surface area (Å²) < 4.78 is 14.2. The number of rotatable bonds is 0. The molecule has 0 spiro atoms. The summed E-state index contributed by atoms with van der Waals surface area (Å²) in [5.74, 6) is 1.60. The summed E-state index contributed by atoms with van der Waals surface area (Å²) in [5.41, 5.74) is 1.97. The monoisotopic (exact) mass is 404 g/mol. The number of carbonyl (C=O) groups is 1. The molecule has 4 nitrogen and oxygen atoms in total. The van der Waals surface area contributed by atoms with Crippen LogP contribution in [0.4, 0.5) is 4.39 Å². The van der Waals surface area contributed by atoms with Crippen molar-refractivity contribution in [2.45, 2.75) is 78.0 Å². The first-order valence-corrected chi connectivity index (χ1v) is 11.5. The van der Waals surface area contributed by atoms with Gasteiger partial charge in [-0.05, 0) is 86.7 Å². The number of aliphatic hydroxyl groups excluding tert-OH is 1. The Morgan fingerprint density at radius 2 is 1.93 bits per heavy atom. The number of alkyl halides is 1. The molecule has 5 aliphatic rings. The molecule has 4 aliphatic carbocycles. The van der Waals surface area contributed by atoms with Crippen molar-refractivity contribution in [1.82, 2.24) is 5.32 Å². The topological polar surface area (TPSA) is 73.2 Å². The maximum atomic E-state index is 14.2. The molecular formula is C24H37FN2O2. The summed E-state index contributed by atoms with van der Waals surface area (Å²) in [4.78, 5) is 12.4. The minimum Gasteiger partial charge on any atom is -0.392 e. The summed E-state index contributed by atoms with van der Waals surface area (Å²) >= 11 is 0. The molecule has 0 aromatic rings. The zero-order valence-corrected chi connectivity index (χ0v) is 18.1. The number of carbonyl (C=O) groups excluding carboxylic acids is 1. The van der Waals surface area contributed by atoms with Gasteiger partial charge in [0, 0.05) is 17.7 Å². The number of β-amino-alcohol motifs (C(OH)–C–C–N with tert-alkyl or cyclic N) is 1. The molecule has 4 fully saturated rings. The number of fused-ring (bicyclic) bond motifs is 5. The second-order valence-corrected chi connectivity index (χ2v) is 10.7. The van der Waals surface area contributed by atoms with Crippen LogP contribution in [0.1, 0.15) is 65.7 Å². The van der Waals surface area contributed by atoms with E-state index >= 15 is 0 Å².